The first kappa shape index (κ1) is 15.1. The number of hydrogen-bond acceptors (Lipinski definition) is 2. The molecule has 5 nitrogen and oxygen atoms in total. The smallest absolute Gasteiger partial charge is 0.303 e. The summed E-state index contributed by atoms with van der Waals surface area (Å²) in [7, 11) is 0. The number of benzene rings is 1. The molecule has 0 aromatic heterocycles. The van der Waals surface area contributed by atoms with E-state index < -0.39 is 12.0 Å². The van der Waals surface area contributed by atoms with Gasteiger partial charge in [-0.3, -0.25) is 4.79 Å². The lowest BCUT2D eigenvalue weighted by atomic mass is 9.95. The van der Waals surface area contributed by atoms with Gasteiger partial charge in [0.25, 0.3) is 0 Å². The summed E-state index contributed by atoms with van der Waals surface area (Å²) in [4.78, 5) is 13.4. The Morgan fingerprint density at radius 1 is 1.37 bits per heavy atom. The topological polar surface area (TPSA) is 86.1 Å². The zero-order chi connectivity index (χ0) is 14.3. The Morgan fingerprint density at radius 2 is 1.95 bits per heavy atom. The number of carboxylic acid groups (broad SMARTS) is 1. The molecule has 19 heavy (non-hydrogen) atoms. The van der Waals surface area contributed by atoms with Crippen LogP contribution in [0.15, 0.2) is 29.4 Å². The standard InChI is InChI=1S/C14H19N3O2/c1-3-10(2)11-4-6-12(7-5-11)13(16-17-15)8-9-14(18)19/h4-7,10,13H,3,8-9H2,1-2H3,(H,18,19). The van der Waals surface area contributed by atoms with Gasteiger partial charge in [0.2, 0.25) is 0 Å². The van der Waals surface area contributed by atoms with Gasteiger partial charge < -0.3 is 5.11 Å². The normalized spacial score (nSPS) is 13.4. The van der Waals surface area contributed by atoms with Gasteiger partial charge in [-0.05, 0) is 35.4 Å². The quantitative estimate of drug-likeness (QED) is 0.447. The Kier molecular flexibility index (Phi) is 5.90. The van der Waals surface area contributed by atoms with E-state index in [4.69, 9.17) is 10.6 Å². The summed E-state index contributed by atoms with van der Waals surface area (Å²) < 4.78 is 0. The van der Waals surface area contributed by atoms with E-state index in [-0.39, 0.29) is 6.42 Å². The second-order valence-electron chi connectivity index (χ2n) is 4.63. The third kappa shape index (κ3) is 4.64. The van der Waals surface area contributed by atoms with Crippen LogP contribution in [0.25, 0.3) is 10.4 Å². The van der Waals surface area contributed by atoms with Crippen molar-refractivity contribution in [3.8, 4) is 0 Å². The maximum atomic E-state index is 10.6. The Labute approximate surface area is 112 Å². The van der Waals surface area contributed by atoms with Crippen LogP contribution in [-0.2, 0) is 4.79 Å². The number of hydrogen-bond donors (Lipinski definition) is 1. The van der Waals surface area contributed by atoms with Gasteiger partial charge in [0.15, 0.2) is 0 Å². The second-order valence-corrected chi connectivity index (χ2v) is 4.63. The number of carboxylic acids is 1. The number of azide groups is 1. The van der Waals surface area contributed by atoms with Crippen molar-refractivity contribution in [1.82, 2.24) is 0 Å². The van der Waals surface area contributed by atoms with Crippen LogP contribution in [-0.4, -0.2) is 11.1 Å². The molecule has 0 saturated heterocycles. The summed E-state index contributed by atoms with van der Waals surface area (Å²) in [5.41, 5.74) is 10.7. The Hall–Kier alpha value is -2.00. The molecule has 0 amide bonds. The molecular weight excluding hydrogens is 242 g/mol. The highest BCUT2D eigenvalue weighted by atomic mass is 16.4. The van der Waals surface area contributed by atoms with Gasteiger partial charge in [-0.2, -0.15) is 0 Å². The Bertz CT molecular complexity index is 464. The van der Waals surface area contributed by atoms with Crippen molar-refractivity contribution in [2.45, 2.75) is 45.1 Å². The summed E-state index contributed by atoms with van der Waals surface area (Å²) >= 11 is 0. The van der Waals surface area contributed by atoms with Gasteiger partial charge in [-0.15, -0.1) is 0 Å². The molecule has 102 valence electrons. The van der Waals surface area contributed by atoms with E-state index in [0.717, 1.165) is 12.0 Å². The van der Waals surface area contributed by atoms with Crippen LogP contribution in [0.1, 0.15) is 56.2 Å². The van der Waals surface area contributed by atoms with E-state index >= 15 is 0 Å². The minimum Gasteiger partial charge on any atom is -0.481 e. The van der Waals surface area contributed by atoms with Crippen LogP contribution in [0, 0.1) is 0 Å². The molecule has 0 spiro atoms. The van der Waals surface area contributed by atoms with Crippen molar-refractivity contribution >= 4 is 5.97 Å². The van der Waals surface area contributed by atoms with Crippen molar-refractivity contribution in [3.05, 3.63) is 45.8 Å². The minimum atomic E-state index is -0.880. The van der Waals surface area contributed by atoms with Gasteiger partial charge in [0.1, 0.15) is 0 Å². The summed E-state index contributed by atoms with van der Waals surface area (Å²) in [5.74, 6) is -0.389. The molecule has 5 heteroatoms. The minimum absolute atomic E-state index is 0.00317. The average molecular weight is 261 g/mol. The second kappa shape index (κ2) is 7.44. The molecular formula is C14H19N3O2. The molecule has 0 aliphatic carbocycles. The number of nitrogens with zero attached hydrogens (tertiary/aromatic N) is 3. The first-order valence-corrected chi connectivity index (χ1v) is 6.44. The predicted molar refractivity (Wildman–Crippen MR) is 73.9 cm³/mol. The van der Waals surface area contributed by atoms with Crippen LogP contribution in [0.5, 0.6) is 0 Å². The lowest BCUT2D eigenvalue weighted by molar-refractivity contribution is -0.137. The Morgan fingerprint density at radius 3 is 2.42 bits per heavy atom. The molecule has 2 atom stereocenters. The van der Waals surface area contributed by atoms with E-state index in [0.29, 0.717) is 12.3 Å². The van der Waals surface area contributed by atoms with Crippen LogP contribution in [0.4, 0.5) is 0 Å². The SMILES string of the molecule is CCC(C)c1ccc(C(CCC(=O)O)N=[N+]=[N-])cc1. The lowest BCUT2D eigenvalue weighted by Gasteiger charge is -2.13. The first-order chi connectivity index (χ1) is 9.08. The molecule has 0 aliphatic rings. The van der Waals surface area contributed by atoms with E-state index in [9.17, 15) is 4.79 Å². The summed E-state index contributed by atoms with van der Waals surface area (Å²) in [6.07, 6.45) is 1.39. The Balaban J connectivity index is 2.85. The predicted octanol–water partition coefficient (Wildman–Crippen LogP) is 4.42. The van der Waals surface area contributed by atoms with Gasteiger partial charge in [-0.1, -0.05) is 43.2 Å². The van der Waals surface area contributed by atoms with Crippen molar-refractivity contribution < 1.29 is 9.90 Å². The van der Waals surface area contributed by atoms with Crippen molar-refractivity contribution in [2.75, 3.05) is 0 Å². The van der Waals surface area contributed by atoms with Crippen molar-refractivity contribution in [3.63, 3.8) is 0 Å². The molecule has 0 fully saturated rings. The maximum Gasteiger partial charge on any atom is 0.303 e. The average Bonchev–Trinajstić information content (AvgIpc) is 2.42. The highest BCUT2D eigenvalue weighted by Gasteiger charge is 2.12. The maximum absolute atomic E-state index is 10.6. The molecule has 1 aromatic carbocycles. The third-order valence-corrected chi connectivity index (χ3v) is 3.33. The van der Waals surface area contributed by atoms with E-state index in [1.807, 2.05) is 24.3 Å². The zero-order valence-electron chi connectivity index (χ0n) is 11.3. The number of aliphatic carboxylic acids is 1. The molecule has 0 saturated carbocycles. The molecule has 0 radical (unpaired) electrons. The number of rotatable bonds is 7. The van der Waals surface area contributed by atoms with E-state index in [1.54, 1.807) is 0 Å². The van der Waals surface area contributed by atoms with Crippen LogP contribution in [0.3, 0.4) is 0 Å². The zero-order valence-corrected chi connectivity index (χ0v) is 11.3. The summed E-state index contributed by atoms with van der Waals surface area (Å²) in [6, 6.07) is 7.46. The first-order valence-electron chi connectivity index (χ1n) is 6.44. The molecule has 1 N–H and O–H groups in total. The van der Waals surface area contributed by atoms with E-state index in [2.05, 4.69) is 23.9 Å². The molecule has 0 heterocycles. The van der Waals surface area contributed by atoms with Gasteiger partial charge in [-0.25, -0.2) is 0 Å². The van der Waals surface area contributed by atoms with E-state index in [1.165, 1.54) is 5.56 Å². The van der Waals surface area contributed by atoms with Gasteiger partial charge in [0.05, 0.1) is 6.04 Å². The fourth-order valence-corrected chi connectivity index (χ4v) is 1.90. The molecule has 1 aromatic rings. The largest absolute Gasteiger partial charge is 0.481 e. The molecule has 0 bridgehead atoms. The van der Waals surface area contributed by atoms with Gasteiger partial charge in [0, 0.05) is 11.3 Å². The van der Waals surface area contributed by atoms with Gasteiger partial charge >= 0.3 is 5.97 Å². The summed E-state index contributed by atoms with van der Waals surface area (Å²) in [6.45, 7) is 4.29. The van der Waals surface area contributed by atoms with Crippen LogP contribution in [0.2, 0.25) is 0 Å². The van der Waals surface area contributed by atoms with Crippen LogP contribution >= 0.6 is 0 Å². The monoisotopic (exact) mass is 261 g/mol. The fraction of sp³-hybridized carbons (Fsp3) is 0.500. The lowest BCUT2D eigenvalue weighted by Crippen LogP contribution is -2.01. The molecule has 1 rings (SSSR count). The highest BCUT2D eigenvalue weighted by molar-refractivity contribution is 5.66. The fourth-order valence-electron chi connectivity index (χ4n) is 1.90. The highest BCUT2D eigenvalue weighted by Crippen LogP contribution is 2.26. The summed E-state index contributed by atoms with van der Waals surface area (Å²) in [5, 5.41) is 12.4. The van der Waals surface area contributed by atoms with Crippen LogP contribution < -0.4 is 0 Å². The number of carbonyl (C=O) groups is 1. The molecule has 0 aliphatic heterocycles. The molecule has 2 unspecified atom stereocenters. The third-order valence-electron chi connectivity index (χ3n) is 3.33. The van der Waals surface area contributed by atoms with Crippen molar-refractivity contribution in [1.29, 1.82) is 0 Å². The van der Waals surface area contributed by atoms with Crippen molar-refractivity contribution in [2.24, 2.45) is 5.11 Å².